The highest BCUT2D eigenvalue weighted by molar-refractivity contribution is 7.89. The Bertz CT molecular complexity index is 317. The number of nitrogens with two attached hydrogens (primary N) is 1. The number of amidine groups is 1. The van der Waals surface area contributed by atoms with Crippen molar-refractivity contribution in [2.24, 2.45) is 16.6 Å². The van der Waals surface area contributed by atoms with E-state index in [2.05, 4.69) is 4.99 Å². The van der Waals surface area contributed by atoms with E-state index in [0.29, 0.717) is 11.8 Å². The molecule has 0 radical (unpaired) electrons. The predicted molar refractivity (Wildman–Crippen MR) is 56.7 cm³/mol. The van der Waals surface area contributed by atoms with Crippen LogP contribution in [-0.2, 0) is 10.0 Å². The molecule has 0 spiro atoms. The summed E-state index contributed by atoms with van der Waals surface area (Å²) in [5.41, 5.74) is 5.63. The molecule has 0 atom stereocenters. The standard InChI is InChI=1S/C8H17N3O2S/c1-11(2)14(12,13)6-5-10-8(9)7-3-4-7/h7H,3-6H2,1-2H3,(H2,9,10). The number of hydrogen-bond donors (Lipinski definition) is 1. The lowest BCUT2D eigenvalue weighted by Crippen LogP contribution is -2.27. The van der Waals surface area contributed by atoms with Gasteiger partial charge in [-0.2, -0.15) is 0 Å². The molecule has 0 bridgehead atoms. The molecular weight excluding hydrogens is 202 g/mol. The third-order valence-corrected chi connectivity index (χ3v) is 4.01. The molecule has 0 aromatic rings. The highest BCUT2D eigenvalue weighted by Gasteiger charge is 2.25. The van der Waals surface area contributed by atoms with Crippen LogP contribution in [0.15, 0.2) is 4.99 Å². The molecule has 14 heavy (non-hydrogen) atoms. The van der Waals surface area contributed by atoms with Gasteiger partial charge in [-0.05, 0) is 12.8 Å². The number of nitrogens with zero attached hydrogens (tertiary/aromatic N) is 2. The van der Waals surface area contributed by atoms with Crippen molar-refractivity contribution >= 4 is 15.9 Å². The van der Waals surface area contributed by atoms with Crippen LogP contribution >= 0.6 is 0 Å². The average Bonchev–Trinajstić information content (AvgIpc) is 2.85. The van der Waals surface area contributed by atoms with Gasteiger partial charge < -0.3 is 5.73 Å². The summed E-state index contributed by atoms with van der Waals surface area (Å²) in [6, 6.07) is 0. The molecule has 1 fully saturated rings. The van der Waals surface area contributed by atoms with E-state index in [9.17, 15) is 8.42 Å². The first-order valence-corrected chi connectivity index (χ1v) is 6.24. The Morgan fingerprint density at radius 2 is 2.07 bits per heavy atom. The molecular formula is C8H17N3O2S. The normalized spacial score (nSPS) is 18.9. The minimum Gasteiger partial charge on any atom is -0.387 e. The van der Waals surface area contributed by atoms with Gasteiger partial charge in [0.25, 0.3) is 0 Å². The maximum Gasteiger partial charge on any atom is 0.215 e. The summed E-state index contributed by atoms with van der Waals surface area (Å²) in [5, 5.41) is 0. The van der Waals surface area contributed by atoms with Gasteiger partial charge in [-0.1, -0.05) is 0 Å². The SMILES string of the molecule is CN(C)S(=O)(=O)CCN=C(N)C1CC1. The van der Waals surface area contributed by atoms with Crippen molar-refractivity contribution in [3.05, 3.63) is 0 Å². The molecule has 1 aliphatic rings. The maximum atomic E-state index is 11.3. The monoisotopic (exact) mass is 219 g/mol. The summed E-state index contributed by atoms with van der Waals surface area (Å²) in [4.78, 5) is 4.04. The minimum absolute atomic E-state index is 0.0351. The molecule has 0 aliphatic heterocycles. The van der Waals surface area contributed by atoms with Crippen molar-refractivity contribution in [1.82, 2.24) is 4.31 Å². The van der Waals surface area contributed by atoms with Gasteiger partial charge in [-0.3, -0.25) is 4.99 Å². The van der Waals surface area contributed by atoms with E-state index >= 15 is 0 Å². The molecule has 0 saturated heterocycles. The molecule has 82 valence electrons. The summed E-state index contributed by atoms with van der Waals surface area (Å²) in [7, 11) is -0.0941. The van der Waals surface area contributed by atoms with E-state index in [1.807, 2.05) is 0 Å². The molecule has 0 aromatic carbocycles. The first-order chi connectivity index (χ1) is 6.43. The second kappa shape index (κ2) is 4.27. The van der Waals surface area contributed by atoms with Gasteiger partial charge in [0, 0.05) is 20.0 Å². The fraction of sp³-hybridized carbons (Fsp3) is 0.875. The molecule has 6 heteroatoms. The van der Waals surface area contributed by atoms with Gasteiger partial charge in [0.15, 0.2) is 0 Å². The van der Waals surface area contributed by atoms with E-state index in [-0.39, 0.29) is 12.3 Å². The Labute approximate surface area is 85.0 Å². The van der Waals surface area contributed by atoms with Gasteiger partial charge in [0.2, 0.25) is 10.0 Å². The molecule has 1 aliphatic carbocycles. The van der Waals surface area contributed by atoms with E-state index in [4.69, 9.17) is 5.73 Å². The van der Waals surface area contributed by atoms with E-state index in [1.54, 1.807) is 0 Å². The second-order valence-corrected chi connectivity index (χ2v) is 5.98. The highest BCUT2D eigenvalue weighted by Crippen LogP contribution is 2.28. The molecule has 5 nitrogen and oxygen atoms in total. The lowest BCUT2D eigenvalue weighted by molar-refractivity contribution is 0.521. The fourth-order valence-corrected chi connectivity index (χ4v) is 1.67. The van der Waals surface area contributed by atoms with E-state index in [1.165, 1.54) is 18.4 Å². The van der Waals surface area contributed by atoms with Crippen LogP contribution in [0.25, 0.3) is 0 Å². The first-order valence-electron chi connectivity index (χ1n) is 4.63. The lowest BCUT2D eigenvalue weighted by atomic mass is 10.4. The molecule has 0 amide bonds. The molecule has 1 saturated carbocycles. The van der Waals surface area contributed by atoms with Gasteiger partial charge in [0.1, 0.15) is 0 Å². The Morgan fingerprint density at radius 1 is 1.50 bits per heavy atom. The van der Waals surface area contributed by atoms with Crippen LogP contribution in [0.2, 0.25) is 0 Å². The molecule has 1 rings (SSSR count). The number of rotatable bonds is 5. The van der Waals surface area contributed by atoms with Crippen molar-refractivity contribution in [3.63, 3.8) is 0 Å². The van der Waals surface area contributed by atoms with E-state index < -0.39 is 10.0 Å². The fourth-order valence-electron chi connectivity index (χ4n) is 0.981. The van der Waals surface area contributed by atoms with Crippen LogP contribution in [0.1, 0.15) is 12.8 Å². The second-order valence-electron chi connectivity index (χ2n) is 3.68. The first kappa shape index (κ1) is 11.5. The number of aliphatic imine (C=N–C) groups is 1. The van der Waals surface area contributed by atoms with Crippen LogP contribution < -0.4 is 5.73 Å². The number of hydrogen-bond acceptors (Lipinski definition) is 3. The highest BCUT2D eigenvalue weighted by atomic mass is 32.2. The van der Waals surface area contributed by atoms with Gasteiger partial charge in [-0.15, -0.1) is 0 Å². The number of sulfonamides is 1. The van der Waals surface area contributed by atoms with Crippen LogP contribution in [0.5, 0.6) is 0 Å². The smallest absolute Gasteiger partial charge is 0.215 e. The van der Waals surface area contributed by atoms with Gasteiger partial charge in [-0.25, -0.2) is 12.7 Å². The van der Waals surface area contributed by atoms with Crippen molar-refractivity contribution in [3.8, 4) is 0 Å². The summed E-state index contributed by atoms with van der Waals surface area (Å²) in [6.45, 7) is 0.267. The lowest BCUT2D eigenvalue weighted by Gasteiger charge is -2.09. The van der Waals surface area contributed by atoms with Gasteiger partial charge >= 0.3 is 0 Å². The maximum absolute atomic E-state index is 11.3. The average molecular weight is 219 g/mol. The zero-order valence-electron chi connectivity index (χ0n) is 8.60. The van der Waals surface area contributed by atoms with Gasteiger partial charge in [0.05, 0.1) is 18.1 Å². The van der Waals surface area contributed by atoms with Crippen molar-refractivity contribution in [2.45, 2.75) is 12.8 Å². The quantitative estimate of drug-likeness (QED) is 0.507. The minimum atomic E-state index is -3.13. The van der Waals surface area contributed by atoms with Crippen molar-refractivity contribution in [1.29, 1.82) is 0 Å². The summed E-state index contributed by atoms with van der Waals surface area (Å²) < 4.78 is 23.8. The Morgan fingerprint density at radius 3 is 2.50 bits per heavy atom. The zero-order valence-corrected chi connectivity index (χ0v) is 9.42. The molecule has 0 heterocycles. The Hall–Kier alpha value is -0.620. The Kier molecular flexibility index (Phi) is 3.49. The molecule has 0 aromatic heterocycles. The largest absolute Gasteiger partial charge is 0.387 e. The third kappa shape index (κ3) is 3.26. The zero-order chi connectivity index (χ0) is 10.8. The van der Waals surface area contributed by atoms with Crippen LogP contribution in [0, 0.1) is 5.92 Å². The van der Waals surface area contributed by atoms with Crippen LogP contribution in [0.4, 0.5) is 0 Å². The van der Waals surface area contributed by atoms with Crippen LogP contribution in [-0.4, -0.2) is 45.0 Å². The summed E-state index contributed by atoms with van der Waals surface area (Å²) in [5.74, 6) is 1.06. The van der Waals surface area contributed by atoms with Crippen LogP contribution in [0.3, 0.4) is 0 Å². The summed E-state index contributed by atoms with van der Waals surface area (Å²) in [6.07, 6.45) is 2.19. The summed E-state index contributed by atoms with van der Waals surface area (Å²) >= 11 is 0. The third-order valence-electron chi connectivity index (χ3n) is 2.20. The predicted octanol–water partition coefficient (Wildman–Crippen LogP) is -0.355. The molecule has 2 N–H and O–H groups in total. The topological polar surface area (TPSA) is 75.8 Å². The van der Waals surface area contributed by atoms with E-state index in [0.717, 1.165) is 12.8 Å². The molecule has 0 unspecified atom stereocenters. The Balaban J connectivity index is 2.37. The van der Waals surface area contributed by atoms with Crippen molar-refractivity contribution in [2.75, 3.05) is 26.4 Å². The van der Waals surface area contributed by atoms with Crippen molar-refractivity contribution < 1.29 is 8.42 Å².